The molecule has 1 aliphatic rings. The number of rotatable bonds is 4. The minimum absolute atomic E-state index is 0.267. The van der Waals surface area contributed by atoms with Crippen molar-refractivity contribution in [2.75, 3.05) is 7.11 Å². The average Bonchev–Trinajstić information content (AvgIpc) is 2.83. The third-order valence-electron chi connectivity index (χ3n) is 3.31. The van der Waals surface area contributed by atoms with Crippen LogP contribution in [0.4, 0.5) is 0 Å². The van der Waals surface area contributed by atoms with Gasteiger partial charge in [0, 0.05) is 19.7 Å². The van der Waals surface area contributed by atoms with Gasteiger partial charge in [-0.2, -0.15) is 0 Å². The summed E-state index contributed by atoms with van der Waals surface area (Å²) in [5.41, 5.74) is 0.883. The van der Waals surface area contributed by atoms with Crippen molar-refractivity contribution < 1.29 is 19.7 Å². The number of ether oxygens (including phenoxy) is 2. The molecule has 0 amide bonds. The van der Waals surface area contributed by atoms with Crippen LogP contribution in [-0.4, -0.2) is 56.9 Å². The molecule has 7 heteroatoms. The molecule has 1 aromatic rings. The molecule has 0 radical (unpaired) electrons. The number of aromatic nitrogens is 3. The Bertz CT molecular complexity index is 409. The molecule has 2 rings (SSSR count). The van der Waals surface area contributed by atoms with Crippen LogP contribution in [0, 0.1) is 0 Å². The van der Waals surface area contributed by atoms with Gasteiger partial charge in [-0.25, -0.2) is 4.68 Å². The molecule has 2 unspecified atom stereocenters. The molecule has 0 bridgehead atoms. The summed E-state index contributed by atoms with van der Waals surface area (Å²) in [6.45, 7) is 4.40. The van der Waals surface area contributed by atoms with Crippen LogP contribution in [0.2, 0.25) is 0 Å². The van der Waals surface area contributed by atoms with Crippen molar-refractivity contribution in [3.8, 4) is 0 Å². The van der Waals surface area contributed by atoms with Crippen molar-refractivity contribution in [3.05, 3.63) is 11.9 Å². The zero-order valence-electron chi connectivity index (χ0n) is 11.4. The smallest absolute Gasteiger partial charge is 0.160 e. The standard InChI is InChI=1S/C12H21N3O4/c1-7(2)8-5-15(14-13-8)6-10-12(17)9(16)4-11(18-3)19-10/h5,7,9-12,16-17H,4,6H2,1-3H3/t9?,10?,11-,12-/m0/s1. The van der Waals surface area contributed by atoms with Gasteiger partial charge in [0.05, 0.1) is 18.3 Å². The maximum Gasteiger partial charge on any atom is 0.160 e. The third-order valence-corrected chi connectivity index (χ3v) is 3.31. The van der Waals surface area contributed by atoms with Gasteiger partial charge in [0.1, 0.15) is 12.2 Å². The van der Waals surface area contributed by atoms with Crippen molar-refractivity contribution in [1.29, 1.82) is 0 Å². The molecule has 4 atom stereocenters. The number of hydrogen-bond donors (Lipinski definition) is 2. The Labute approximate surface area is 112 Å². The van der Waals surface area contributed by atoms with Gasteiger partial charge >= 0.3 is 0 Å². The van der Waals surface area contributed by atoms with Crippen molar-refractivity contribution in [2.24, 2.45) is 0 Å². The van der Waals surface area contributed by atoms with E-state index < -0.39 is 24.6 Å². The van der Waals surface area contributed by atoms with Crippen molar-refractivity contribution in [1.82, 2.24) is 15.0 Å². The summed E-state index contributed by atoms with van der Waals surface area (Å²) in [5, 5.41) is 27.7. The second kappa shape index (κ2) is 5.96. The molecule has 7 nitrogen and oxygen atoms in total. The molecule has 0 saturated carbocycles. The van der Waals surface area contributed by atoms with E-state index in [9.17, 15) is 10.2 Å². The largest absolute Gasteiger partial charge is 0.390 e. The lowest BCUT2D eigenvalue weighted by molar-refractivity contribution is -0.245. The Hall–Kier alpha value is -1.02. The summed E-state index contributed by atoms with van der Waals surface area (Å²) in [6, 6.07) is 0. The van der Waals surface area contributed by atoms with E-state index in [-0.39, 0.29) is 6.42 Å². The van der Waals surface area contributed by atoms with Gasteiger partial charge in [-0.3, -0.25) is 0 Å². The van der Waals surface area contributed by atoms with Crippen LogP contribution in [0.3, 0.4) is 0 Å². The predicted molar refractivity (Wildman–Crippen MR) is 66.4 cm³/mol. The summed E-state index contributed by atoms with van der Waals surface area (Å²) in [5.74, 6) is 0.295. The van der Waals surface area contributed by atoms with Gasteiger partial charge in [0.2, 0.25) is 0 Å². The summed E-state index contributed by atoms with van der Waals surface area (Å²) in [6.07, 6.45) is -0.770. The van der Waals surface area contributed by atoms with Crippen LogP contribution >= 0.6 is 0 Å². The lowest BCUT2D eigenvalue weighted by Crippen LogP contribution is -2.50. The molecular weight excluding hydrogens is 250 g/mol. The van der Waals surface area contributed by atoms with E-state index >= 15 is 0 Å². The zero-order valence-corrected chi connectivity index (χ0v) is 11.4. The highest BCUT2D eigenvalue weighted by molar-refractivity contribution is 4.98. The molecule has 0 aromatic carbocycles. The summed E-state index contributed by atoms with van der Waals surface area (Å²) in [7, 11) is 1.51. The lowest BCUT2D eigenvalue weighted by atomic mass is 10.0. The first kappa shape index (κ1) is 14.4. The van der Waals surface area contributed by atoms with Gasteiger partial charge in [-0.15, -0.1) is 5.10 Å². The van der Waals surface area contributed by atoms with E-state index in [1.54, 1.807) is 4.68 Å². The molecule has 1 aromatic heterocycles. The lowest BCUT2D eigenvalue weighted by Gasteiger charge is -2.36. The number of hydrogen-bond acceptors (Lipinski definition) is 6. The monoisotopic (exact) mass is 271 g/mol. The third kappa shape index (κ3) is 3.30. The highest BCUT2D eigenvalue weighted by atomic mass is 16.7. The van der Waals surface area contributed by atoms with Gasteiger partial charge in [-0.05, 0) is 5.92 Å². The molecule has 1 saturated heterocycles. The first-order valence-corrected chi connectivity index (χ1v) is 6.45. The Morgan fingerprint density at radius 1 is 1.53 bits per heavy atom. The normalized spacial score (nSPS) is 31.9. The van der Waals surface area contributed by atoms with Crippen LogP contribution in [0.15, 0.2) is 6.20 Å². The molecule has 2 N–H and O–H groups in total. The maximum absolute atomic E-state index is 9.94. The maximum atomic E-state index is 9.94. The quantitative estimate of drug-likeness (QED) is 0.794. The second-order valence-electron chi connectivity index (χ2n) is 5.15. The van der Waals surface area contributed by atoms with E-state index in [4.69, 9.17) is 9.47 Å². The van der Waals surface area contributed by atoms with Crippen LogP contribution in [0.5, 0.6) is 0 Å². The van der Waals surface area contributed by atoms with Crippen LogP contribution < -0.4 is 0 Å². The topological polar surface area (TPSA) is 89.6 Å². The average molecular weight is 271 g/mol. The van der Waals surface area contributed by atoms with E-state index in [2.05, 4.69) is 10.3 Å². The Kier molecular flexibility index (Phi) is 4.51. The SMILES string of the molecule is CO[C@@H]1CC(O)[C@H](O)C(Cn2cc(C(C)C)nn2)O1. The van der Waals surface area contributed by atoms with Crippen LogP contribution in [0.1, 0.15) is 31.9 Å². The van der Waals surface area contributed by atoms with Gasteiger partial charge in [0.15, 0.2) is 6.29 Å². The molecule has 0 aliphatic carbocycles. The summed E-state index contributed by atoms with van der Waals surface area (Å²) < 4.78 is 12.3. The number of aliphatic hydroxyl groups is 2. The van der Waals surface area contributed by atoms with Crippen molar-refractivity contribution >= 4 is 0 Å². The highest BCUT2D eigenvalue weighted by Gasteiger charge is 2.37. The Morgan fingerprint density at radius 3 is 2.84 bits per heavy atom. The van der Waals surface area contributed by atoms with Gasteiger partial charge in [0.25, 0.3) is 0 Å². The molecule has 1 fully saturated rings. The first-order valence-electron chi connectivity index (χ1n) is 6.45. The van der Waals surface area contributed by atoms with Crippen LogP contribution in [-0.2, 0) is 16.0 Å². The first-order chi connectivity index (χ1) is 9.01. The minimum Gasteiger partial charge on any atom is -0.390 e. The number of methoxy groups -OCH3 is 1. The fourth-order valence-corrected chi connectivity index (χ4v) is 2.07. The van der Waals surface area contributed by atoms with E-state index in [1.807, 2.05) is 20.0 Å². The predicted octanol–water partition coefficient (Wildman–Crippen LogP) is -0.115. The molecule has 1 aliphatic heterocycles. The highest BCUT2D eigenvalue weighted by Crippen LogP contribution is 2.22. The van der Waals surface area contributed by atoms with Crippen molar-refractivity contribution in [2.45, 2.75) is 57.3 Å². The molecule has 0 spiro atoms. The van der Waals surface area contributed by atoms with Gasteiger partial charge in [-0.1, -0.05) is 19.1 Å². The zero-order chi connectivity index (χ0) is 14.0. The summed E-state index contributed by atoms with van der Waals surface area (Å²) >= 11 is 0. The summed E-state index contributed by atoms with van der Waals surface area (Å²) in [4.78, 5) is 0. The van der Waals surface area contributed by atoms with Gasteiger partial charge < -0.3 is 19.7 Å². The van der Waals surface area contributed by atoms with Crippen molar-refractivity contribution in [3.63, 3.8) is 0 Å². The second-order valence-corrected chi connectivity index (χ2v) is 5.15. The fraction of sp³-hybridized carbons (Fsp3) is 0.833. The van der Waals surface area contributed by atoms with Crippen LogP contribution in [0.25, 0.3) is 0 Å². The van der Waals surface area contributed by atoms with E-state index in [0.717, 1.165) is 5.69 Å². The Morgan fingerprint density at radius 2 is 2.26 bits per heavy atom. The fourth-order valence-electron chi connectivity index (χ4n) is 2.07. The number of aliphatic hydroxyl groups excluding tert-OH is 2. The van der Waals surface area contributed by atoms with E-state index in [0.29, 0.717) is 12.5 Å². The molecule has 19 heavy (non-hydrogen) atoms. The molecule has 2 heterocycles. The Balaban J connectivity index is 2.03. The molecular formula is C12H21N3O4. The minimum atomic E-state index is -0.946. The number of nitrogens with zero attached hydrogens (tertiary/aromatic N) is 3. The van der Waals surface area contributed by atoms with E-state index in [1.165, 1.54) is 7.11 Å². The molecule has 108 valence electrons.